The van der Waals surface area contributed by atoms with E-state index in [0.717, 1.165) is 32.1 Å². The monoisotopic (exact) mass is 296 g/mol. The van der Waals surface area contributed by atoms with Gasteiger partial charge in [0.1, 0.15) is 0 Å². The number of nitrogens with two attached hydrogens (primary N) is 1. The summed E-state index contributed by atoms with van der Waals surface area (Å²) in [5.41, 5.74) is 5.54. The second kappa shape index (κ2) is 6.85. The van der Waals surface area contributed by atoms with Crippen molar-refractivity contribution in [1.82, 2.24) is 5.32 Å². The van der Waals surface area contributed by atoms with Gasteiger partial charge in [-0.2, -0.15) is 0 Å². The van der Waals surface area contributed by atoms with Crippen LogP contribution in [0.15, 0.2) is 11.4 Å². The van der Waals surface area contributed by atoms with Crippen LogP contribution in [0, 0.1) is 5.92 Å². The van der Waals surface area contributed by atoms with Crippen LogP contribution in [0.3, 0.4) is 0 Å². The highest BCUT2D eigenvalue weighted by Crippen LogP contribution is 2.24. The van der Waals surface area contributed by atoms with Gasteiger partial charge in [0.2, 0.25) is 5.91 Å². The van der Waals surface area contributed by atoms with Gasteiger partial charge in [0.05, 0.1) is 10.4 Å². The van der Waals surface area contributed by atoms with Gasteiger partial charge in [0, 0.05) is 23.9 Å². The molecule has 2 unspecified atom stereocenters. The van der Waals surface area contributed by atoms with Crippen LogP contribution < -0.4 is 11.1 Å². The van der Waals surface area contributed by atoms with E-state index < -0.39 is 5.91 Å². The molecule has 1 saturated carbocycles. The molecule has 0 radical (unpaired) electrons. The largest absolute Gasteiger partial charge is 0.396 e. The van der Waals surface area contributed by atoms with Gasteiger partial charge < -0.3 is 16.2 Å². The number of hydrogen-bond acceptors (Lipinski definition) is 4. The Hall–Kier alpha value is -1.40. The summed E-state index contributed by atoms with van der Waals surface area (Å²) in [6, 6.07) is 1.53. The molecule has 20 heavy (non-hydrogen) atoms. The molecule has 1 fully saturated rings. The van der Waals surface area contributed by atoms with Crippen LogP contribution in [-0.2, 0) is 0 Å². The summed E-state index contributed by atoms with van der Waals surface area (Å²) in [6.45, 7) is 0.0991. The number of amides is 2. The Morgan fingerprint density at radius 2 is 2.10 bits per heavy atom. The number of primary amides is 1. The van der Waals surface area contributed by atoms with Crippen molar-refractivity contribution in [2.45, 2.75) is 38.1 Å². The molecule has 0 bridgehead atoms. The van der Waals surface area contributed by atoms with E-state index >= 15 is 0 Å². The van der Waals surface area contributed by atoms with Crippen LogP contribution >= 0.6 is 11.3 Å². The molecule has 1 aromatic heterocycles. The highest BCUT2D eigenvalue weighted by molar-refractivity contribution is 7.12. The third-order valence-electron chi connectivity index (χ3n) is 3.82. The van der Waals surface area contributed by atoms with Gasteiger partial charge >= 0.3 is 0 Å². The van der Waals surface area contributed by atoms with E-state index in [1.54, 1.807) is 5.38 Å². The van der Waals surface area contributed by atoms with E-state index in [1.165, 1.54) is 17.4 Å². The third-order valence-corrected chi connectivity index (χ3v) is 4.75. The number of hydrogen-bond donors (Lipinski definition) is 3. The predicted octanol–water partition coefficient (Wildman–Crippen LogP) is 1.52. The molecule has 0 aliphatic heterocycles. The fourth-order valence-corrected chi connectivity index (χ4v) is 3.42. The van der Waals surface area contributed by atoms with Crippen molar-refractivity contribution in [1.29, 1.82) is 0 Å². The first kappa shape index (κ1) is 15.0. The summed E-state index contributed by atoms with van der Waals surface area (Å²) in [6.07, 6.45) is 5.15. The fourth-order valence-electron chi connectivity index (χ4n) is 2.62. The van der Waals surface area contributed by atoms with E-state index in [9.17, 15) is 14.7 Å². The molecule has 110 valence electrons. The Morgan fingerprint density at radius 3 is 2.75 bits per heavy atom. The van der Waals surface area contributed by atoms with Gasteiger partial charge in [0.15, 0.2) is 0 Å². The lowest BCUT2D eigenvalue weighted by molar-refractivity contribution is 0.0903. The maximum atomic E-state index is 12.2. The van der Waals surface area contributed by atoms with Gasteiger partial charge in [-0.25, -0.2) is 0 Å². The van der Waals surface area contributed by atoms with E-state index in [2.05, 4.69) is 5.32 Å². The van der Waals surface area contributed by atoms with E-state index in [1.807, 2.05) is 0 Å². The topological polar surface area (TPSA) is 92.4 Å². The molecule has 2 rings (SSSR count). The summed E-state index contributed by atoms with van der Waals surface area (Å²) < 4.78 is 0. The second-order valence-corrected chi connectivity index (χ2v) is 6.14. The van der Waals surface area contributed by atoms with Crippen LogP contribution in [0.25, 0.3) is 0 Å². The standard InChI is InChI=1S/C14H20N2O3S/c15-13(18)10-6-12(20-8-10)14(19)16-11-5-3-1-2-4-9(11)7-17/h6,8-9,11,17H,1-5,7H2,(H2,15,18)(H,16,19). The third kappa shape index (κ3) is 3.58. The molecule has 2 amide bonds. The minimum absolute atomic E-state index is 0.00845. The smallest absolute Gasteiger partial charge is 0.261 e. The Bertz CT molecular complexity index is 487. The molecule has 0 saturated heterocycles. The van der Waals surface area contributed by atoms with Crippen LogP contribution in [0.2, 0.25) is 0 Å². The van der Waals surface area contributed by atoms with Gasteiger partial charge in [-0.15, -0.1) is 11.3 Å². The first-order valence-electron chi connectivity index (χ1n) is 6.92. The highest BCUT2D eigenvalue weighted by atomic mass is 32.1. The molecule has 0 aromatic carbocycles. The molecule has 2 atom stereocenters. The van der Waals surface area contributed by atoms with Crippen molar-refractivity contribution in [3.05, 3.63) is 21.9 Å². The number of nitrogens with one attached hydrogen (secondary N) is 1. The van der Waals surface area contributed by atoms with Crippen molar-refractivity contribution < 1.29 is 14.7 Å². The fraction of sp³-hybridized carbons (Fsp3) is 0.571. The van der Waals surface area contributed by atoms with Gasteiger partial charge in [0.25, 0.3) is 5.91 Å². The zero-order chi connectivity index (χ0) is 14.5. The molecule has 1 aliphatic rings. The zero-order valence-electron chi connectivity index (χ0n) is 11.3. The van der Waals surface area contributed by atoms with Gasteiger partial charge in [-0.05, 0) is 18.9 Å². The van der Waals surface area contributed by atoms with E-state index in [0.29, 0.717) is 10.4 Å². The molecular weight excluding hydrogens is 276 g/mol. The predicted molar refractivity (Wildman–Crippen MR) is 77.8 cm³/mol. The summed E-state index contributed by atoms with van der Waals surface area (Å²) in [5.74, 6) is -0.590. The van der Waals surface area contributed by atoms with Crippen molar-refractivity contribution in [2.24, 2.45) is 11.7 Å². The Morgan fingerprint density at radius 1 is 1.35 bits per heavy atom. The number of rotatable bonds is 4. The molecule has 4 N–H and O–H groups in total. The van der Waals surface area contributed by atoms with Crippen molar-refractivity contribution in [2.75, 3.05) is 6.61 Å². The molecule has 0 spiro atoms. The van der Waals surface area contributed by atoms with Crippen LogP contribution in [0.1, 0.15) is 52.1 Å². The summed E-state index contributed by atoms with van der Waals surface area (Å²) in [5, 5.41) is 14.0. The van der Waals surface area contributed by atoms with Crippen LogP contribution in [0.4, 0.5) is 0 Å². The SMILES string of the molecule is NC(=O)c1csc(C(=O)NC2CCCCCC2CO)c1. The lowest BCUT2D eigenvalue weighted by Crippen LogP contribution is -2.40. The van der Waals surface area contributed by atoms with Crippen molar-refractivity contribution in [3.8, 4) is 0 Å². The van der Waals surface area contributed by atoms with E-state index in [4.69, 9.17) is 5.73 Å². The average Bonchev–Trinajstić information content (AvgIpc) is 2.82. The molecule has 5 nitrogen and oxygen atoms in total. The lowest BCUT2D eigenvalue weighted by Gasteiger charge is -2.24. The molecule has 1 aromatic rings. The van der Waals surface area contributed by atoms with Crippen molar-refractivity contribution in [3.63, 3.8) is 0 Å². The quantitative estimate of drug-likeness (QED) is 0.735. The first-order valence-corrected chi connectivity index (χ1v) is 7.80. The number of aliphatic hydroxyl groups is 1. The van der Waals surface area contributed by atoms with E-state index in [-0.39, 0.29) is 24.5 Å². The zero-order valence-corrected chi connectivity index (χ0v) is 12.1. The summed E-state index contributed by atoms with van der Waals surface area (Å²) in [7, 11) is 0. The first-order chi connectivity index (χ1) is 9.61. The van der Waals surface area contributed by atoms with Crippen LogP contribution in [-0.4, -0.2) is 29.6 Å². The Balaban J connectivity index is 2.02. The average molecular weight is 296 g/mol. The van der Waals surface area contributed by atoms with Gasteiger partial charge in [-0.1, -0.05) is 19.3 Å². The highest BCUT2D eigenvalue weighted by Gasteiger charge is 2.25. The molecule has 1 aliphatic carbocycles. The number of thiophene rings is 1. The number of aliphatic hydroxyl groups excluding tert-OH is 1. The number of carbonyl (C=O) groups excluding carboxylic acids is 2. The van der Waals surface area contributed by atoms with Gasteiger partial charge in [-0.3, -0.25) is 9.59 Å². The second-order valence-electron chi connectivity index (χ2n) is 5.22. The summed E-state index contributed by atoms with van der Waals surface area (Å²) >= 11 is 1.21. The molecule has 1 heterocycles. The maximum Gasteiger partial charge on any atom is 0.261 e. The van der Waals surface area contributed by atoms with Crippen molar-refractivity contribution >= 4 is 23.2 Å². The van der Waals surface area contributed by atoms with Crippen LogP contribution in [0.5, 0.6) is 0 Å². The summed E-state index contributed by atoms with van der Waals surface area (Å²) in [4.78, 5) is 23.7. The Labute approximate surface area is 122 Å². The lowest BCUT2D eigenvalue weighted by atomic mass is 9.95. The maximum absolute atomic E-state index is 12.2. The minimum Gasteiger partial charge on any atom is -0.396 e. The number of carbonyl (C=O) groups is 2. The Kier molecular flexibility index (Phi) is 5.14. The molecular formula is C14H20N2O3S. The minimum atomic E-state index is -0.525. The normalized spacial score (nSPS) is 23.1. The molecule has 6 heteroatoms.